The number of nitrogens with two attached hydrogens (primary N) is 1. The fraction of sp³-hybridized carbons (Fsp3) is 0.750. The molecule has 0 aromatic carbocycles. The Labute approximate surface area is 62.4 Å². The molecule has 0 unspecified atom stereocenters. The molecule has 0 saturated carbocycles. The lowest BCUT2D eigenvalue weighted by atomic mass is 9.96. The molecule has 1 rings (SSSR count). The van der Waals surface area contributed by atoms with Gasteiger partial charge in [0.2, 0.25) is 0 Å². The van der Waals surface area contributed by atoms with E-state index in [1.54, 1.807) is 0 Å². The molecule has 2 heteroatoms. The van der Waals surface area contributed by atoms with Crippen LogP contribution in [0.15, 0.2) is 0 Å². The minimum absolute atomic E-state index is 0.0937. The summed E-state index contributed by atoms with van der Waals surface area (Å²) in [5.41, 5.74) is 5.88. The first-order valence-corrected chi connectivity index (χ1v) is 3.57. The number of terminal acetylenes is 1. The van der Waals surface area contributed by atoms with Gasteiger partial charge in [0.1, 0.15) is 0 Å². The average Bonchev–Trinajstić information content (AvgIpc) is 2.12. The summed E-state index contributed by atoms with van der Waals surface area (Å²) in [5, 5.41) is 0. The van der Waals surface area contributed by atoms with Crippen LogP contribution in [0.4, 0.5) is 0 Å². The Hall–Kier alpha value is -0.520. The standard InChI is InChI=1S/C8H14N2/c1-3-4-8(9)5-6-10(2)7-8/h1H,4-7,9H2,2H3/t8-/m0/s1. The molecule has 2 nitrogen and oxygen atoms in total. The number of likely N-dealkylation sites (N-methyl/N-ethyl adjacent to an activating group) is 1. The molecule has 1 fully saturated rings. The molecule has 1 atom stereocenters. The van der Waals surface area contributed by atoms with Gasteiger partial charge in [0, 0.05) is 18.5 Å². The van der Waals surface area contributed by atoms with Crippen molar-refractivity contribution < 1.29 is 0 Å². The van der Waals surface area contributed by atoms with Crippen molar-refractivity contribution in [1.82, 2.24) is 4.90 Å². The Morgan fingerprint density at radius 3 is 2.90 bits per heavy atom. The second kappa shape index (κ2) is 2.61. The summed E-state index contributed by atoms with van der Waals surface area (Å²) in [5.74, 6) is 2.62. The second-order valence-electron chi connectivity index (χ2n) is 3.23. The third kappa shape index (κ3) is 1.50. The minimum atomic E-state index is -0.0937. The van der Waals surface area contributed by atoms with Gasteiger partial charge in [-0.25, -0.2) is 0 Å². The van der Waals surface area contributed by atoms with E-state index in [1.807, 2.05) is 0 Å². The van der Waals surface area contributed by atoms with Crippen LogP contribution in [0.2, 0.25) is 0 Å². The van der Waals surface area contributed by atoms with Gasteiger partial charge in [0.05, 0.1) is 0 Å². The lowest BCUT2D eigenvalue weighted by Gasteiger charge is -2.20. The van der Waals surface area contributed by atoms with Crippen molar-refractivity contribution in [3.8, 4) is 12.3 Å². The summed E-state index contributed by atoms with van der Waals surface area (Å²) < 4.78 is 0. The van der Waals surface area contributed by atoms with Crippen molar-refractivity contribution in [2.24, 2.45) is 5.73 Å². The Morgan fingerprint density at radius 2 is 2.50 bits per heavy atom. The zero-order valence-corrected chi connectivity index (χ0v) is 6.43. The fourth-order valence-corrected chi connectivity index (χ4v) is 1.46. The van der Waals surface area contributed by atoms with Crippen LogP contribution in [0, 0.1) is 12.3 Å². The van der Waals surface area contributed by atoms with Gasteiger partial charge >= 0.3 is 0 Å². The van der Waals surface area contributed by atoms with Gasteiger partial charge in [-0.15, -0.1) is 12.3 Å². The van der Waals surface area contributed by atoms with Crippen LogP contribution in [-0.2, 0) is 0 Å². The third-order valence-electron chi connectivity index (χ3n) is 2.03. The first kappa shape index (κ1) is 7.59. The highest BCUT2D eigenvalue weighted by atomic mass is 15.2. The molecular weight excluding hydrogens is 124 g/mol. The first-order valence-electron chi connectivity index (χ1n) is 3.57. The maximum Gasteiger partial charge on any atom is 0.0406 e. The van der Waals surface area contributed by atoms with Gasteiger partial charge in [-0.05, 0) is 20.0 Å². The molecular formula is C8H14N2. The van der Waals surface area contributed by atoms with E-state index >= 15 is 0 Å². The first-order chi connectivity index (χ1) is 4.66. The van der Waals surface area contributed by atoms with E-state index in [1.165, 1.54) is 0 Å². The SMILES string of the molecule is C#CC[C@]1(N)CCN(C)C1. The maximum atomic E-state index is 5.98. The van der Waals surface area contributed by atoms with Crippen LogP contribution in [-0.4, -0.2) is 30.6 Å². The Balaban J connectivity index is 2.48. The number of hydrogen-bond donors (Lipinski definition) is 1. The number of nitrogens with zero attached hydrogens (tertiary/aromatic N) is 1. The largest absolute Gasteiger partial charge is 0.323 e. The smallest absolute Gasteiger partial charge is 0.0406 e. The molecule has 0 bridgehead atoms. The average molecular weight is 138 g/mol. The van der Waals surface area contributed by atoms with E-state index in [-0.39, 0.29) is 5.54 Å². The van der Waals surface area contributed by atoms with Crippen LogP contribution in [0.1, 0.15) is 12.8 Å². The van der Waals surface area contributed by atoms with E-state index in [0.29, 0.717) is 6.42 Å². The molecule has 0 radical (unpaired) electrons. The summed E-state index contributed by atoms with van der Waals surface area (Å²) in [6.07, 6.45) is 6.93. The van der Waals surface area contributed by atoms with Crippen LogP contribution in [0.25, 0.3) is 0 Å². The van der Waals surface area contributed by atoms with Crippen molar-refractivity contribution >= 4 is 0 Å². The fourth-order valence-electron chi connectivity index (χ4n) is 1.46. The molecule has 1 aliphatic rings. The predicted octanol–water partition coefficient (Wildman–Crippen LogP) is 0.0427. The number of likely N-dealkylation sites (tertiary alicyclic amines) is 1. The highest BCUT2D eigenvalue weighted by Gasteiger charge is 2.31. The van der Waals surface area contributed by atoms with E-state index in [0.717, 1.165) is 19.5 Å². The topological polar surface area (TPSA) is 29.3 Å². The zero-order chi connectivity index (χ0) is 7.61. The molecule has 1 saturated heterocycles. The molecule has 0 amide bonds. The number of hydrogen-bond acceptors (Lipinski definition) is 2. The molecule has 0 aromatic rings. The lowest BCUT2D eigenvalue weighted by molar-refractivity contribution is 0.371. The van der Waals surface area contributed by atoms with Crippen LogP contribution >= 0.6 is 0 Å². The van der Waals surface area contributed by atoms with E-state index in [9.17, 15) is 0 Å². The van der Waals surface area contributed by atoms with Crippen molar-refractivity contribution in [1.29, 1.82) is 0 Å². The molecule has 0 aliphatic carbocycles. The Morgan fingerprint density at radius 1 is 1.80 bits per heavy atom. The van der Waals surface area contributed by atoms with Gasteiger partial charge in [-0.2, -0.15) is 0 Å². The third-order valence-corrected chi connectivity index (χ3v) is 2.03. The maximum absolute atomic E-state index is 5.98. The van der Waals surface area contributed by atoms with Crippen molar-refractivity contribution in [3.63, 3.8) is 0 Å². The van der Waals surface area contributed by atoms with Gasteiger partial charge in [0.25, 0.3) is 0 Å². The Kier molecular flexibility index (Phi) is 1.98. The molecule has 56 valence electrons. The summed E-state index contributed by atoms with van der Waals surface area (Å²) in [7, 11) is 2.07. The van der Waals surface area contributed by atoms with Gasteiger partial charge < -0.3 is 10.6 Å². The van der Waals surface area contributed by atoms with Gasteiger partial charge in [-0.1, -0.05) is 0 Å². The van der Waals surface area contributed by atoms with Crippen molar-refractivity contribution in [2.45, 2.75) is 18.4 Å². The monoisotopic (exact) mass is 138 g/mol. The molecule has 0 spiro atoms. The lowest BCUT2D eigenvalue weighted by Crippen LogP contribution is -2.41. The molecule has 10 heavy (non-hydrogen) atoms. The van der Waals surface area contributed by atoms with E-state index in [4.69, 9.17) is 12.2 Å². The summed E-state index contributed by atoms with van der Waals surface area (Å²) in [6.45, 7) is 2.02. The summed E-state index contributed by atoms with van der Waals surface area (Å²) in [6, 6.07) is 0. The quantitative estimate of drug-likeness (QED) is 0.518. The second-order valence-corrected chi connectivity index (χ2v) is 3.23. The molecule has 0 aromatic heterocycles. The molecule has 1 aliphatic heterocycles. The summed E-state index contributed by atoms with van der Waals surface area (Å²) in [4.78, 5) is 2.22. The highest BCUT2D eigenvalue weighted by Crippen LogP contribution is 2.19. The predicted molar refractivity (Wildman–Crippen MR) is 42.5 cm³/mol. The number of rotatable bonds is 1. The van der Waals surface area contributed by atoms with Gasteiger partial charge in [-0.3, -0.25) is 0 Å². The minimum Gasteiger partial charge on any atom is -0.323 e. The highest BCUT2D eigenvalue weighted by molar-refractivity contribution is 5.02. The molecule has 1 heterocycles. The zero-order valence-electron chi connectivity index (χ0n) is 6.43. The van der Waals surface area contributed by atoms with Crippen LogP contribution in [0.3, 0.4) is 0 Å². The van der Waals surface area contributed by atoms with Crippen molar-refractivity contribution in [2.75, 3.05) is 20.1 Å². The van der Waals surface area contributed by atoms with Crippen molar-refractivity contribution in [3.05, 3.63) is 0 Å². The van der Waals surface area contributed by atoms with E-state index < -0.39 is 0 Å². The van der Waals surface area contributed by atoms with Crippen LogP contribution in [0.5, 0.6) is 0 Å². The molecule has 2 N–H and O–H groups in total. The van der Waals surface area contributed by atoms with Crippen LogP contribution < -0.4 is 5.73 Å². The van der Waals surface area contributed by atoms with E-state index in [2.05, 4.69) is 17.9 Å². The normalized spacial score (nSPS) is 34.1. The van der Waals surface area contributed by atoms with Gasteiger partial charge in [0.15, 0.2) is 0 Å². The Bertz CT molecular complexity index is 159. The summed E-state index contributed by atoms with van der Waals surface area (Å²) >= 11 is 0.